The molecule has 0 aliphatic carbocycles. The number of methoxy groups -OCH3 is 1. The number of aryl methyl sites for hydroxylation is 1. The molecule has 2 aromatic heterocycles. The molecule has 3 nitrogen and oxygen atoms in total. The van der Waals surface area contributed by atoms with Crippen molar-refractivity contribution >= 4 is 17.1 Å². The predicted molar refractivity (Wildman–Crippen MR) is 63.3 cm³/mol. The zero-order valence-corrected chi connectivity index (χ0v) is 9.88. The van der Waals surface area contributed by atoms with Gasteiger partial charge in [0.05, 0.1) is 12.0 Å². The van der Waals surface area contributed by atoms with Gasteiger partial charge in [0.2, 0.25) is 5.78 Å². The molecule has 0 aliphatic rings. The average molecular weight is 233 g/mol. The van der Waals surface area contributed by atoms with Gasteiger partial charge >= 0.3 is 0 Å². The van der Waals surface area contributed by atoms with Gasteiger partial charge < -0.3 is 4.74 Å². The van der Waals surface area contributed by atoms with E-state index in [0.29, 0.717) is 16.3 Å². The molecule has 4 heteroatoms. The van der Waals surface area contributed by atoms with Gasteiger partial charge in [-0.2, -0.15) is 0 Å². The van der Waals surface area contributed by atoms with Crippen molar-refractivity contribution < 1.29 is 9.53 Å². The minimum atomic E-state index is -0.0875. The Balaban J connectivity index is 2.41. The van der Waals surface area contributed by atoms with Gasteiger partial charge in [0, 0.05) is 11.1 Å². The molecule has 2 heterocycles. The molecule has 0 saturated heterocycles. The van der Waals surface area contributed by atoms with E-state index < -0.39 is 0 Å². The maximum atomic E-state index is 12.1. The molecule has 0 aromatic carbocycles. The van der Waals surface area contributed by atoms with Gasteiger partial charge in [0.1, 0.15) is 5.75 Å². The van der Waals surface area contributed by atoms with Gasteiger partial charge in [-0.1, -0.05) is 0 Å². The molecular formula is C12H11NO2S. The summed E-state index contributed by atoms with van der Waals surface area (Å²) >= 11 is 1.46. The van der Waals surface area contributed by atoms with Gasteiger partial charge in [-0.15, -0.1) is 11.3 Å². The van der Waals surface area contributed by atoms with E-state index in [4.69, 9.17) is 4.74 Å². The Morgan fingerprint density at radius 2 is 2.19 bits per heavy atom. The summed E-state index contributed by atoms with van der Waals surface area (Å²) in [5, 5.41) is 0. The zero-order valence-electron chi connectivity index (χ0n) is 9.06. The molecule has 0 atom stereocenters. The molecule has 2 aromatic rings. The van der Waals surface area contributed by atoms with E-state index in [1.165, 1.54) is 18.4 Å². The molecular weight excluding hydrogens is 222 g/mol. The zero-order chi connectivity index (χ0) is 11.5. The van der Waals surface area contributed by atoms with Crippen LogP contribution < -0.4 is 4.74 Å². The summed E-state index contributed by atoms with van der Waals surface area (Å²) in [6.07, 6.45) is 1.59. The van der Waals surface area contributed by atoms with Crippen molar-refractivity contribution in [3.8, 4) is 5.75 Å². The molecule has 0 aliphatic heterocycles. The number of pyridine rings is 1. The van der Waals surface area contributed by atoms with Crippen LogP contribution in [0.3, 0.4) is 0 Å². The van der Waals surface area contributed by atoms with E-state index in [-0.39, 0.29) is 5.78 Å². The fourth-order valence-corrected chi connectivity index (χ4v) is 2.21. The summed E-state index contributed by atoms with van der Waals surface area (Å²) in [7, 11) is 1.54. The standard InChI is InChI=1S/C12H11NO2S/c1-8-5-6-10(16-8)12(14)11-9(15-2)4-3-7-13-11/h3-7H,1-2H3. The van der Waals surface area contributed by atoms with Crippen LogP contribution in [0.1, 0.15) is 20.2 Å². The van der Waals surface area contributed by atoms with Crippen LogP contribution in [-0.2, 0) is 0 Å². The van der Waals surface area contributed by atoms with E-state index in [0.717, 1.165) is 4.88 Å². The van der Waals surface area contributed by atoms with Crippen molar-refractivity contribution in [1.29, 1.82) is 0 Å². The Hall–Kier alpha value is -1.68. The van der Waals surface area contributed by atoms with E-state index in [1.807, 2.05) is 19.1 Å². The first-order valence-electron chi connectivity index (χ1n) is 4.82. The van der Waals surface area contributed by atoms with Crippen molar-refractivity contribution in [3.63, 3.8) is 0 Å². The number of aromatic nitrogens is 1. The number of rotatable bonds is 3. The van der Waals surface area contributed by atoms with E-state index >= 15 is 0 Å². The van der Waals surface area contributed by atoms with Crippen molar-refractivity contribution in [2.24, 2.45) is 0 Å². The third-order valence-electron chi connectivity index (χ3n) is 2.17. The number of hydrogen-bond acceptors (Lipinski definition) is 4. The second-order valence-corrected chi connectivity index (χ2v) is 4.58. The minimum Gasteiger partial charge on any atom is -0.494 e. The Morgan fingerprint density at radius 3 is 2.81 bits per heavy atom. The van der Waals surface area contributed by atoms with Gasteiger partial charge in [0.15, 0.2) is 5.69 Å². The fraction of sp³-hybridized carbons (Fsp3) is 0.167. The van der Waals surface area contributed by atoms with Crippen LogP contribution in [-0.4, -0.2) is 17.9 Å². The average Bonchev–Trinajstić information content (AvgIpc) is 2.75. The van der Waals surface area contributed by atoms with Crippen LogP contribution in [0.2, 0.25) is 0 Å². The predicted octanol–water partition coefficient (Wildman–Crippen LogP) is 2.69. The molecule has 0 fully saturated rings. The van der Waals surface area contributed by atoms with Crippen molar-refractivity contribution in [2.45, 2.75) is 6.92 Å². The fourth-order valence-electron chi connectivity index (χ4n) is 1.40. The number of nitrogens with zero attached hydrogens (tertiary/aromatic N) is 1. The summed E-state index contributed by atoms with van der Waals surface area (Å²) < 4.78 is 5.12. The van der Waals surface area contributed by atoms with Crippen molar-refractivity contribution in [3.05, 3.63) is 45.9 Å². The maximum absolute atomic E-state index is 12.1. The van der Waals surface area contributed by atoms with E-state index in [9.17, 15) is 4.79 Å². The molecule has 0 saturated carbocycles. The smallest absolute Gasteiger partial charge is 0.225 e. The SMILES string of the molecule is COc1cccnc1C(=O)c1ccc(C)s1. The van der Waals surface area contributed by atoms with Crippen molar-refractivity contribution in [1.82, 2.24) is 4.98 Å². The second-order valence-electron chi connectivity index (χ2n) is 3.29. The van der Waals surface area contributed by atoms with Crippen LogP contribution in [0.25, 0.3) is 0 Å². The lowest BCUT2D eigenvalue weighted by Crippen LogP contribution is -2.04. The monoisotopic (exact) mass is 233 g/mol. The molecule has 82 valence electrons. The van der Waals surface area contributed by atoms with Crippen LogP contribution in [0.5, 0.6) is 5.75 Å². The number of ketones is 1. The highest BCUT2D eigenvalue weighted by Crippen LogP contribution is 2.23. The number of ether oxygens (including phenoxy) is 1. The van der Waals surface area contributed by atoms with Crippen LogP contribution in [0, 0.1) is 6.92 Å². The molecule has 16 heavy (non-hydrogen) atoms. The third-order valence-corrected chi connectivity index (χ3v) is 3.17. The van der Waals surface area contributed by atoms with Gasteiger partial charge in [-0.25, -0.2) is 4.98 Å². The number of carbonyl (C=O) groups excluding carboxylic acids is 1. The van der Waals surface area contributed by atoms with Crippen LogP contribution in [0.15, 0.2) is 30.5 Å². The van der Waals surface area contributed by atoms with Gasteiger partial charge in [-0.05, 0) is 31.2 Å². The molecule has 0 amide bonds. The maximum Gasteiger partial charge on any atom is 0.225 e. The number of thiophene rings is 1. The molecule has 0 unspecified atom stereocenters. The van der Waals surface area contributed by atoms with Crippen LogP contribution >= 0.6 is 11.3 Å². The quantitative estimate of drug-likeness (QED) is 0.765. The largest absolute Gasteiger partial charge is 0.494 e. The first-order valence-corrected chi connectivity index (χ1v) is 5.64. The summed E-state index contributed by atoms with van der Waals surface area (Å²) in [4.78, 5) is 18.0. The Kier molecular flexibility index (Phi) is 3.01. The van der Waals surface area contributed by atoms with Gasteiger partial charge in [-0.3, -0.25) is 4.79 Å². The topological polar surface area (TPSA) is 39.2 Å². The molecule has 2 rings (SSSR count). The summed E-state index contributed by atoms with van der Waals surface area (Å²) in [5.74, 6) is 0.425. The molecule has 0 spiro atoms. The van der Waals surface area contributed by atoms with E-state index in [1.54, 1.807) is 18.3 Å². The van der Waals surface area contributed by atoms with Crippen molar-refractivity contribution in [2.75, 3.05) is 7.11 Å². The van der Waals surface area contributed by atoms with Gasteiger partial charge in [0.25, 0.3) is 0 Å². The van der Waals surface area contributed by atoms with E-state index in [2.05, 4.69) is 4.98 Å². The highest BCUT2D eigenvalue weighted by Gasteiger charge is 2.16. The van der Waals surface area contributed by atoms with Crippen LogP contribution in [0.4, 0.5) is 0 Å². The summed E-state index contributed by atoms with van der Waals surface area (Å²) in [5.41, 5.74) is 0.367. The normalized spacial score (nSPS) is 10.1. The number of hydrogen-bond donors (Lipinski definition) is 0. The first-order chi connectivity index (χ1) is 7.72. The first kappa shape index (κ1) is 10.8. The lowest BCUT2D eigenvalue weighted by atomic mass is 10.2. The molecule has 0 radical (unpaired) electrons. The summed E-state index contributed by atoms with van der Waals surface area (Å²) in [6, 6.07) is 7.22. The minimum absolute atomic E-state index is 0.0875. The molecule has 0 bridgehead atoms. The molecule has 0 N–H and O–H groups in total. The lowest BCUT2D eigenvalue weighted by molar-refractivity contribution is 0.103. The Labute approximate surface area is 97.7 Å². The summed E-state index contributed by atoms with van der Waals surface area (Å²) in [6.45, 7) is 1.97. The Bertz CT molecular complexity index is 519. The second kappa shape index (κ2) is 4.45. The highest BCUT2D eigenvalue weighted by atomic mass is 32.1. The number of carbonyl (C=O) groups is 1. The highest BCUT2D eigenvalue weighted by molar-refractivity contribution is 7.14. The third kappa shape index (κ3) is 1.97. The lowest BCUT2D eigenvalue weighted by Gasteiger charge is -2.04. The Morgan fingerprint density at radius 1 is 1.38 bits per heavy atom.